The molecule has 3 aromatic rings. The number of ether oxygens (including phenoxy) is 1. The molecule has 1 aliphatic heterocycles. The summed E-state index contributed by atoms with van der Waals surface area (Å²) in [6.45, 7) is 4.05. The number of benzene rings is 2. The molecule has 0 atom stereocenters. The second kappa shape index (κ2) is 11.1. The molecule has 1 saturated heterocycles. The van der Waals surface area contributed by atoms with Crippen LogP contribution in [0.2, 0.25) is 5.02 Å². The van der Waals surface area contributed by atoms with Gasteiger partial charge >= 0.3 is 0 Å². The van der Waals surface area contributed by atoms with Crippen molar-refractivity contribution in [3.05, 3.63) is 74.0 Å². The highest BCUT2D eigenvalue weighted by Crippen LogP contribution is 2.21. The van der Waals surface area contributed by atoms with Gasteiger partial charge in [0, 0.05) is 44.9 Å². The number of rotatable bonds is 8. The van der Waals surface area contributed by atoms with Crippen LogP contribution >= 0.6 is 11.6 Å². The summed E-state index contributed by atoms with van der Waals surface area (Å²) < 4.78 is 7.04. The minimum absolute atomic E-state index is 0.0573. The van der Waals surface area contributed by atoms with Crippen LogP contribution in [0.25, 0.3) is 10.9 Å². The summed E-state index contributed by atoms with van der Waals surface area (Å²) >= 11 is 5.92. The van der Waals surface area contributed by atoms with Crippen LogP contribution in [0.1, 0.15) is 33.6 Å². The van der Waals surface area contributed by atoms with E-state index >= 15 is 0 Å². The van der Waals surface area contributed by atoms with Crippen molar-refractivity contribution in [1.82, 2.24) is 20.0 Å². The van der Waals surface area contributed by atoms with E-state index in [1.54, 1.807) is 23.9 Å². The number of hydrogen-bond donors (Lipinski definition) is 2. The Hall–Kier alpha value is -2.78. The van der Waals surface area contributed by atoms with Gasteiger partial charge in [-0.2, -0.15) is 5.10 Å². The number of aliphatic hydroxyl groups excluding tert-OH is 1. The minimum atomic E-state index is -0.520. The Morgan fingerprint density at radius 2 is 1.91 bits per heavy atom. The van der Waals surface area contributed by atoms with Crippen LogP contribution in [-0.2, 0) is 31.3 Å². The molecule has 0 spiro atoms. The second-order valence-electron chi connectivity index (χ2n) is 8.48. The van der Waals surface area contributed by atoms with Gasteiger partial charge in [-0.3, -0.25) is 19.2 Å². The predicted octanol–water partition coefficient (Wildman–Crippen LogP) is 2.27. The molecule has 8 nitrogen and oxygen atoms in total. The van der Waals surface area contributed by atoms with Crippen molar-refractivity contribution >= 4 is 28.4 Å². The van der Waals surface area contributed by atoms with Crippen LogP contribution in [0, 0.1) is 0 Å². The molecule has 4 rings (SSSR count). The highest BCUT2D eigenvalue weighted by molar-refractivity contribution is 6.30. The smallest absolute Gasteiger partial charge is 0.276 e. The lowest BCUT2D eigenvalue weighted by Gasteiger charge is -2.27. The van der Waals surface area contributed by atoms with Crippen molar-refractivity contribution in [2.45, 2.75) is 25.9 Å². The molecule has 1 aromatic heterocycles. The Bertz CT molecular complexity index is 1220. The first-order chi connectivity index (χ1) is 16.5. The lowest BCUT2D eigenvalue weighted by molar-refractivity contribution is 0.0342. The maximum atomic E-state index is 13.4. The first-order valence-electron chi connectivity index (χ1n) is 11.4. The molecule has 1 fully saturated rings. The first kappa shape index (κ1) is 24.3. The Kier molecular flexibility index (Phi) is 7.95. The van der Waals surface area contributed by atoms with Crippen LogP contribution in [0.3, 0.4) is 0 Å². The van der Waals surface area contributed by atoms with Gasteiger partial charge < -0.3 is 15.2 Å². The Morgan fingerprint density at radius 1 is 1.18 bits per heavy atom. The number of aromatic nitrogens is 2. The molecule has 1 amide bonds. The standard InChI is InChI=1S/C25H29ClN4O4/c1-29-23-19(3-2-10-31)13-18(16-30-8-11-34-12-9-30)14-21(23)24(32)22(28-29)25(33)27-15-17-4-6-20(26)7-5-17/h4-7,13-14,31H,2-3,8-12,15-16H2,1H3,(H,27,33). The van der Waals surface area contributed by atoms with Crippen molar-refractivity contribution in [3.8, 4) is 0 Å². The van der Waals surface area contributed by atoms with Gasteiger partial charge in [0.15, 0.2) is 5.69 Å². The number of hydrogen-bond acceptors (Lipinski definition) is 6. The Morgan fingerprint density at radius 3 is 2.62 bits per heavy atom. The summed E-state index contributed by atoms with van der Waals surface area (Å²) in [5.41, 5.74) is 2.97. The van der Waals surface area contributed by atoms with Gasteiger partial charge in [0.25, 0.3) is 5.91 Å². The summed E-state index contributed by atoms with van der Waals surface area (Å²) in [7, 11) is 1.74. The van der Waals surface area contributed by atoms with Gasteiger partial charge in [0.2, 0.25) is 5.43 Å². The molecule has 1 aliphatic rings. The van der Waals surface area contributed by atoms with E-state index in [2.05, 4.69) is 21.4 Å². The van der Waals surface area contributed by atoms with E-state index in [1.807, 2.05) is 18.2 Å². The van der Waals surface area contributed by atoms with Gasteiger partial charge in [-0.1, -0.05) is 29.8 Å². The van der Waals surface area contributed by atoms with Gasteiger partial charge in [0.1, 0.15) is 0 Å². The zero-order valence-corrected chi connectivity index (χ0v) is 20.0. The third kappa shape index (κ3) is 5.64. The summed E-state index contributed by atoms with van der Waals surface area (Å²) in [6, 6.07) is 11.1. The zero-order valence-electron chi connectivity index (χ0n) is 19.2. The van der Waals surface area contributed by atoms with Gasteiger partial charge in [-0.25, -0.2) is 0 Å². The molecule has 180 valence electrons. The number of halogens is 1. The number of aliphatic hydroxyl groups is 1. The Balaban J connectivity index is 1.67. The van der Waals surface area contributed by atoms with E-state index in [1.165, 1.54) is 0 Å². The molecule has 0 saturated carbocycles. The molecule has 2 aromatic carbocycles. The van der Waals surface area contributed by atoms with Crippen molar-refractivity contribution in [1.29, 1.82) is 0 Å². The molecule has 0 aliphatic carbocycles. The fourth-order valence-corrected chi connectivity index (χ4v) is 4.40. The van der Waals surface area contributed by atoms with Gasteiger partial charge in [-0.05, 0) is 47.7 Å². The monoisotopic (exact) mass is 484 g/mol. The fraction of sp³-hybridized carbons (Fsp3) is 0.400. The summed E-state index contributed by atoms with van der Waals surface area (Å²) in [4.78, 5) is 28.6. The average molecular weight is 485 g/mol. The predicted molar refractivity (Wildman–Crippen MR) is 131 cm³/mol. The average Bonchev–Trinajstić information content (AvgIpc) is 2.84. The number of amides is 1. The lowest BCUT2D eigenvalue weighted by atomic mass is 10.0. The molecular weight excluding hydrogens is 456 g/mol. The summed E-state index contributed by atoms with van der Waals surface area (Å²) in [6.07, 6.45) is 1.19. The largest absolute Gasteiger partial charge is 0.396 e. The van der Waals surface area contributed by atoms with Crippen LogP contribution in [0.4, 0.5) is 0 Å². The third-order valence-electron chi connectivity index (χ3n) is 5.98. The van der Waals surface area contributed by atoms with Crippen molar-refractivity contribution in [2.75, 3.05) is 32.9 Å². The van der Waals surface area contributed by atoms with E-state index in [-0.39, 0.29) is 18.8 Å². The third-order valence-corrected chi connectivity index (χ3v) is 6.23. The molecule has 9 heteroatoms. The van der Waals surface area contributed by atoms with E-state index in [0.717, 1.165) is 29.8 Å². The maximum absolute atomic E-state index is 13.4. The molecule has 0 unspecified atom stereocenters. The summed E-state index contributed by atoms with van der Waals surface area (Å²) in [5, 5.41) is 17.6. The van der Waals surface area contributed by atoms with Crippen LogP contribution < -0.4 is 10.7 Å². The van der Waals surface area contributed by atoms with Gasteiger partial charge in [-0.15, -0.1) is 0 Å². The molecule has 0 radical (unpaired) electrons. The first-order valence-corrected chi connectivity index (χ1v) is 11.8. The topological polar surface area (TPSA) is 96.7 Å². The Labute approximate surface area is 203 Å². The van der Waals surface area contributed by atoms with E-state index in [0.29, 0.717) is 48.5 Å². The number of carbonyl (C=O) groups excluding carboxylic acids is 1. The SMILES string of the molecule is Cn1nc(C(=O)NCc2ccc(Cl)cc2)c(=O)c2cc(CN3CCOCC3)cc(CCCO)c21. The van der Waals surface area contributed by atoms with Crippen molar-refractivity contribution in [2.24, 2.45) is 7.05 Å². The van der Waals surface area contributed by atoms with Crippen LogP contribution in [0.15, 0.2) is 41.2 Å². The molecule has 34 heavy (non-hydrogen) atoms. The molecule has 0 bridgehead atoms. The fourth-order valence-electron chi connectivity index (χ4n) is 4.27. The number of carbonyl (C=O) groups is 1. The highest BCUT2D eigenvalue weighted by atomic mass is 35.5. The van der Waals surface area contributed by atoms with Crippen LogP contribution in [-0.4, -0.2) is 58.6 Å². The van der Waals surface area contributed by atoms with Crippen molar-refractivity contribution < 1.29 is 14.6 Å². The number of fused-ring (bicyclic) bond motifs is 1. The van der Waals surface area contributed by atoms with E-state index in [4.69, 9.17) is 16.3 Å². The molecule has 2 heterocycles. The van der Waals surface area contributed by atoms with Crippen molar-refractivity contribution in [3.63, 3.8) is 0 Å². The second-order valence-corrected chi connectivity index (χ2v) is 8.91. The zero-order chi connectivity index (χ0) is 24.1. The molecular formula is C25H29ClN4O4. The number of nitrogens with zero attached hydrogens (tertiary/aromatic N) is 3. The molecule has 2 N–H and O–H groups in total. The summed E-state index contributed by atoms with van der Waals surface area (Å²) in [5.74, 6) is -0.520. The lowest BCUT2D eigenvalue weighted by Crippen LogP contribution is -2.35. The maximum Gasteiger partial charge on any atom is 0.276 e. The highest BCUT2D eigenvalue weighted by Gasteiger charge is 2.20. The van der Waals surface area contributed by atoms with E-state index in [9.17, 15) is 14.7 Å². The number of morpholine rings is 1. The van der Waals surface area contributed by atoms with Crippen LogP contribution in [0.5, 0.6) is 0 Å². The van der Waals surface area contributed by atoms with Gasteiger partial charge in [0.05, 0.1) is 24.1 Å². The normalized spacial score (nSPS) is 14.4. The quantitative estimate of drug-likeness (QED) is 0.509. The minimum Gasteiger partial charge on any atom is -0.396 e. The van der Waals surface area contributed by atoms with E-state index < -0.39 is 11.3 Å². The number of aryl methyl sites for hydroxylation is 2. The number of nitrogens with one attached hydrogen (secondary N) is 1.